The molecule has 3 rings (SSSR count). The van der Waals surface area contributed by atoms with E-state index >= 15 is 0 Å². The first-order valence-corrected chi connectivity index (χ1v) is 9.58. The van der Waals surface area contributed by atoms with E-state index in [-0.39, 0.29) is 6.04 Å². The molecule has 0 saturated carbocycles. The normalized spacial score (nSPS) is 21.0. The van der Waals surface area contributed by atoms with Gasteiger partial charge in [-0.25, -0.2) is 0 Å². The van der Waals surface area contributed by atoms with Crippen LogP contribution in [0, 0.1) is 5.92 Å². The van der Waals surface area contributed by atoms with Crippen LogP contribution in [0.1, 0.15) is 29.1 Å². The van der Waals surface area contributed by atoms with Gasteiger partial charge in [0, 0.05) is 22.8 Å². The van der Waals surface area contributed by atoms with Gasteiger partial charge in [-0.2, -0.15) is 0 Å². The van der Waals surface area contributed by atoms with Crippen molar-refractivity contribution in [2.45, 2.75) is 19.4 Å². The van der Waals surface area contributed by atoms with Gasteiger partial charge in [0.2, 0.25) is 0 Å². The van der Waals surface area contributed by atoms with Crippen molar-refractivity contribution < 1.29 is 0 Å². The summed E-state index contributed by atoms with van der Waals surface area (Å²) in [6.45, 7) is 6.97. The van der Waals surface area contributed by atoms with Crippen LogP contribution in [-0.2, 0) is 0 Å². The van der Waals surface area contributed by atoms with Crippen molar-refractivity contribution in [2.24, 2.45) is 5.92 Å². The Morgan fingerprint density at radius 3 is 2.90 bits per heavy atom. The standard InChI is InChI=1S/C16H21ClN2S2/c1-2-19-8-7-12(11-19)10-18-16(13-4-3-9-20-13)14-5-6-15(17)21-14/h3-6,9,12,16,18H,2,7-8,10-11H2,1H3. The average Bonchev–Trinajstić information content (AvgIpc) is 3.21. The lowest BCUT2D eigenvalue weighted by Crippen LogP contribution is -2.29. The predicted molar refractivity (Wildman–Crippen MR) is 93.7 cm³/mol. The summed E-state index contributed by atoms with van der Waals surface area (Å²) >= 11 is 9.61. The van der Waals surface area contributed by atoms with Gasteiger partial charge in [-0.3, -0.25) is 0 Å². The number of halogens is 1. The fourth-order valence-corrected chi connectivity index (χ4v) is 4.98. The third kappa shape index (κ3) is 3.88. The van der Waals surface area contributed by atoms with Gasteiger partial charge in [0.05, 0.1) is 10.4 Å². The Bertz CT molecular complexity index is 552. The number of rotatable bonds is 6. The minimum absolute atomic E-state index is 0.290. The highest BCUT2D eigenvalue weighted by Gasteiger charge is 2.23. The molecule has 21 heavy (non-hydrogen) atoms. The highest BCUT2D eigenvalue weighted by atomic mass is 35.5. The quantitative estimate of drug-likeness (QED) is 0.833. The molecule has 1 saturated heterocycles. The highest BCUT2D eigenvalue weighted by Crippen LogP contribution is 2.33. The van der Waals surface area contributed by atoms with Crippen molar-refractivity contribution >= 4 is 34.3 Å². The number of hydrogen-bond acceptors (Lipinski definition) is 4. The molecule has 0 aliphatic carbocycles. The molecule has 1 N–H and O–H groups in total. The summed E-state index contributed by atoms with van der Waals surface area (Å²) in [6.07, 6.45) is 1.31. The minimum atomic E-state index is 0.290. The van der Waals surface area contributed by atoms with Gasteiger partial charge in [0.1, 0.15) is 0 Å². The molecule has 1 aliphatic heterocycles. The van der Waals surface area contributed by atoms with Crippen LogP contribution >= 0.6 is 34.3 Å². The molecule has 1 aliphatic rings. The van der Waals surface area contributed by atoms with Gasteiger partial charge in [-0.1, -0.05) is 24.6 Å². The molecular weight excluding hydrogens is 320 g/mol. The van der Waals surface area contributed by atoms with Crippen LogP contribution in [0.4, 0.5) is 0 Å². The van der Waals surface area contributed by atoms with E-state index in [0.717, 1.165) is 16.8 Å². The maximum Gasteiger partial charge on any atom is 0.0931 e. The second-order valence-corrected chi connectivity index (χ2v) is 8.27. The Morgan fingerprint density at radius 1 is 1.38 bits per heavy atom. The monoisotopic (exact) mass is 340 g/mol. The zero-order valence-electron chi connectivity index (χ0n) is 12.2. The second kappa shape index (κ2) is 7.25. The molecule has 2 unspecified atom stereocenters. The average molecular weight is 341 g/mol. The van der Waals surface area contributed by atoms with E-state index in [1.165, 1.54) is 35.8 Å². The molecule has 2 aromatic rings. The van der Waals surface area contributed by atoms with Gasteiger partial charge in [-0.05, 0) is 49.0 Å². The molecule has 1 fully saturated rings. The summed E-state index contributed by atoms with van der Waals surface area (Å²) < 4.78 is 0.867. The summed E-state index contributed by atoms with van der Waals surface area (Å²) in [5, 5.41) is 5.92. The topological polar surface area (TPSA) is 15.3 Å². The van der Waals surface area contributed by atoms with Crippen LogP contribution in [0.15, 0.2) is 29.6 Å². The van der Waals surface area contributed by atoms with Crippen LogP contribution in [0.2, 0.25) is 4.34 Å². The van der Waals surface area contributed by atoms with Gasteiger partial charge in [-0.15, -0.1) is 22.7 Å². The van der Waals surface area contributed by atoms with Crippen LogP contribution < -0.4 is 5.32 Å². The van der Waals surface area contributed by atoms with E-state index in [1.54, 1.807) is 11.3 Å². The molecule has 0 aromatic carbocycles. The minimum Gasteiger partial charge on any atom is -0.305 e. The SMILES string of the molecule is CCN1CCC(CNC(c2cccs2)c2ccc(Cl)s2)C1. The third-order valence-electron chi connectivity index (χ3n) is 4.13. The smallest absolute Gasteiger partial charge is 0.0931 e. The Hall–Kier alpha value is -0.390. The van der Waals surface area contributed by atoms with Crippen LogP contribution in [0.25, 0.3) is 0 Å². The summed E-state index contributed by atoms with van der Waals surface area (Å²) in [5.41, 5.74) is 0. The molecule has 0 radical (unpaired) electrons. The molecule has 0 spiro atoms. The third-order valence-corrected chi connectivity index (χ3v) is 6.37. The van der Waals surface area contributed by atoms with Crippen molar-refractivity contribution in [3.8, 4) is 0 Å². The Morgan fingerprint density at radius 2 is 2.29 bits per heavy atom. The zero-order valence-corrected chi connectivity index (χ0v) is 14.6. The predicted octanol–water partition coefficient (Wildman–Crippen LogP) is 4.48. The van der Waals surface area contributed by atoms with Gasteiger partial charge < -0.3 is 10.2 Å². The fourth-order valence-electron chi connectivity index (χ4n) is 2.93. The first-order chi connectivity index (χ1) is 10.3. The van der Waals surface area contributed by atoms with E-state index in [0.29, 0.717) is 0 Å². The second-order valence-electron chi connectivity index (χ2n) is 5.55. The summed E-state index contributed by atoms with van der Waals surface area (Å²) in [7, 11) is 0. The number of thiophene rings is 2. The molecule has 2 atom stereocenters. The van der Waals surface area contributed by atoms with E-state index in [4.69, 9.17) is 11.6 Å². The Balaban J connectivity index is 1.66. The molecular formula is C16H21ClN2S2. The summed E-state index contributed by atoms with van der Waals surface area (Å²) in [4.78, 5) is 5.22. The van der Waals surface area contributed by atoms with Crippen LogP contribution in [0.5, 0.6) is 0 Å². The van der Waals surface area contributed by atoms with Crippen molar-refractivity contribution in [3.05, 3.63) is 43.7 Å². The van der Waals surface area contributed by atoms with Crippen molar-refractivity contribution in [2.75, 3.05) is 26.2 Å². The molecule has 2 nitrogen and oxygen atoms in total. The largest absolute Gasteiger partial charge is 0.305 e. The van der Waals surface area contributed by atoms with Gasteiger partial charge >= 0.3 is 0 Å². The van der Waals surface area contributed by atoms with Crippen molar-refractivity contribution in [3.63, 3.8) is 0 Å². The molecule has 114 valence electrons. The van der Waals surface area contributed by atoms with Gasteiger partial charge in [0.25, 0.3) is 0 Å². The van der Waals surface area contributed by atoms with E-state index in [2.05, 4.69) is 40.7 Å². The zero-order chi connectivity index (χ0) is 14.7. The van der Waals surface area contributed by atoms with E-state index in [9.17, 15) is 0 Å². The van der Waals surface area contributed by atoms with Crippen LogP contribution in [0.3, 0.4) is 0 Å². The summed E-state index contributed by atoms with van der Waals surface area (Å²) in [6, 6.07) is 8.77. The number of nitrogens with one attached hydrogen (secondary N) is 1. The maximum atomic E-state index is 6.12. The molecule has 3 heterocycles. The summed E-state index contributed by atoms with van der Waals surface area (Å²) in [5.74, 6) is 0.767. The molecule has 2 aromatic heterocycles. The first-order valence-electron chi connectivity index (χ1n) is 7.50. The molecule has 0 bridgehead atoms. The van der Waals surface area contributed by atoms with Crippen molar-refractivity contribution in [1.29, 1.82) is 0 Å². The van der Waals surface area contributed by atoms with Gasteiger partial charge in [0.15, 0.2) is 0 Å². The number of hydrogen-bond donors (Lipinski definition) is 1. The lowest BCUT2D eigenvalue weighted by Gasteiger charge is -2.19. The number of nitrogens with zero attached hydrogens (tertiary/aromatic N) is 1. The lowest BCUT2D eigenvalue weighted by atomic mass is 10.1. The number of likely N-dealkylation sites (tertiary alicyclic amines) is 1. The highest BCUT2D eigenvalue weighted by molar-refractivity contribution is 7.16. The molecule has 5 heteroatoms. The maximum absolute atomic E-state index is 6.12. The lowest BCUT2D eigenvalue weighted by molar-refractivity contribution is 0.337. The Labute approximate surface area is 139 Å². The van der Waals surface area contributed by atoms with E-state index in [1.807, 2.05) is 17.4 Å². The van der Waals surface area contributed by atoms with Crippen molar-refractivity contribution in [1.82, 2.24) is 10.2 Å². The van der Waals surface area contributed by atoms with E-state index < -0.39 is 0 Å². The first kappa shape index (κ1) is 15.5. The fraction of sp³-hybridized carbons (Fsp3) is 0.500. The Kier molecular flexibility index (Phi) is 5.35. The van der Waals surface area contributed by atoms with Crippen LogP contribution in [-0.4, -0.2) is 31.1 Å². The molecule has 0 amide bonds.